The van der Waals surface area contributed by atoms with Crippen molar-refractivity contribution < 1.29 is 14.7 Å². The Morgan fingerprint density at radius 3 is 2.47 bits per heavy atom. The van der Waals surface area contributed by atoms with E-state index in [4.69, 9.17) is 5.11 Å². The highest BCUT2D eigenvalue weighted by Gasteiger charge is 2.34. The number of amides is 1. The standard InChI is InChI=1S/C15H25NO3/c1-2-10-4-3-5-13(8-10)16-14(17)11-6-7-12(9-11)15(18)19/h10-13H,2-9H2,1H3,(H,16,17)(H,18,19)/t10?,11-,12+,13?/m1/s1. The third-order valence-electron chi connectivity index (χ3n) is 4.86. The first-order valence-corrected chi connectivity index (χ1v) is 7.63. The summed E-state index contributed by atoms with van der Waals surface area (Å²) >= 11 is 0. The number of nitrogens with one attached hydrogen (secondary N) is 1. The average molecular weight is 267 g/mol. The fourth-order valence-electron chi connectivity index (χ4n) is 3.56. The maximum Gasteiger partial charge on any atom is 0.306 e. The van der Waals surface area contributed by atoms with Crippen LogP contribution in [0.4, 0.5) is 0 Å². The lowest BCUT2D eigenvalue weighted by atomic mass is 9.84. The van der Waals surface area contributed by atoms with E-state index in [9.17, 15) is 9.59 Å². The largest absolute Gasteiger partial charge is 0.481 e. The molecule has 0 bridgehead atoms. The summed E-state index contributed by atoms with van der Waals surface area (Å²) in [7, 11) is 0. The molecule has 0 aliphatic heterocycles. The Labute approximate surface area is 115 Å². The molecule has 0 spiro atoms. The molecule has 2 aliphatic carbocycles. The Balaban J connectivity index is 1.79. The number of carboxylic acid groups (broad SMARTS) is 1. The van der Waals surface area contributed by atoms with E-state index in [1.54, 1.807) is 0 Å². The molecule has 0 radical (unpaired) electrons. The zero-order valence-corrected chi connectivity index (χ0v) is 11.7. The number of aliphatic carboxylic acids is 1. The van der Waals surface area contributed by atoms with Gasteiger partial charge in [0.15, 0.2) is 0 Å². The molecule has 2 saturated carbocycles. The maximum absolute atomic E-state index is 12.2. The Morgan fingerprint density at radius 2 is 1.84 bits per heavy atom. The monoisotopic (exact) mass is 267 g/mol. The van der Waals surface area contributed by atoms with Crippen molar-refractivity contribution >= 4 is 11.9 Å². The molecule has 108 valence electrons. The van der Waals surface area contributed by atoms with Crippen LogP contribution in [-0.4, -0.2) is 23.0 Å². The molecule has 4 atom stereocenters. The van der Waals surface area contributed by atoms with Crippen LogP contribution in [0.5, 0.6) is 0 Å². The third kappa shape index (κ3) is 3.71. The van der Waals surface area contributed by atoms with E-state index in [0.717, 1.165) is 25.2 Å². The van der Waals surface area contributed by atoms with Gasteiger partial charge in [-0.15, -0.1) is 0 Å². The molecule has 0 heterocycles. The normalized spacial score (nSPS) is 35.0. The van der Waals surface area contributed by atoms with E-state index in [1.165, 1.54) is 19.3 Å². The lowest BCUT2D eigenvalue weighted by molar-refractivity contribution is -0.141. The molecular weight excluding hydrogens is 242 g/mol. The van der Waals surface area contributed by atoms with Gasteiger partial charge in [-0.1, -0.05) is 26.2 Å². The van der Waals surface area contributed by atoms with Gasteiger partial charge < -0.3 is 10.4 Å². The molecule has 4 nitrogen and oxygen atoms in total. The van der Waals surface area contributed by atoms with E-state index in [0.29, 0.717) is 18.9 Å². The molecule has 0 saturated heterocycles. The quantitative estimate of drug-likeness (QED) is 0.822. The van der Waals surface area contributed by atoms with Crippen LogP contribution in [0.1, 0.15) is 58.3 Å². The number of hydrogen-bond donors (Lipinski definition) is 2. The number of hydrogen-bond acceptors (Lipinski definition) is 2. The molecule has 4 heteroatoms. The van der Waals surface area contributed by atoms with Crippen molar-refractivity contribution in [3.05, 3.63) is 0 Å². The lowest BCUT2D eigenvalue weighted by Gasteiger charge is -2.29. The first kappa shape index (κ1) is 14.4. The molecule has 2 fully saturated rings. The van der Waals surface area contributed by atoms with E-state index >= 15 is 0 Å². The van der Waals surface area contributed by atoms with E-state index in [2.05, 4.69) is 12.2 Å². The first-order valence-electron chi connectivity index (χ1n) is 7.63. The van der Waals surface area contributed by atoms with Crippen LogP contribution in [0, 0.1) is 17.8 Å². The van der Waals surface area contributed by atoms with Gasteiger partial charge in [0.2, 0.25) is 5.91 Å². The molecule has 19 heavy (non-hydrogen) atoms. The molecule has 0 aromatic rings. The number of carboxylic acids is 1. The molecular formula is C15H25NO3. The highest BCUT2D eigenvalue weighted by Crippen LogP contribution is 2.32. The van der Waals surface area contributed by atoms with Crippen molar-refractivity contribution in [3.8, 4) is 0 Å². The van der Waals surface area contributed by atoms with Crippen LogP contribution in [0.25, 0.3) is 0 Å². The number of rotatable bonds is 4. The van der Waals surface area contributed by atoms with Crippen molar-refractivity contribution in [1.29, 1.82) is 0 Å². The van der Waals surface area contributed by atoms with Crippen molar-refractivity contribution in [3.63, 3.8) is 0 Å². The number of carbonyl (C=O) groups is 2. The summed E-state index contributed by atoms with van der Waals surface area (Å²) in [5.41, 5.74) is 0. The van der Waals surface area contributed by atoms with E-state index in [1.807, 2.05) is 0 Å². The molecule has 1 amide bonds. The van der Waals surface area contributed by atoms with Crippen molar-refractivity contribution in [1.82, 2.24) is 5.32 Å². The van der Waals surface area contributed by atoms with Gasteiger partial charge in [0.05, 0.1) is 5.92 Å². The van der Waals surface area contributed by atoms with E-state index < -0.39 is 5.97 Å². The first-order chi connectivity index (χ1) is 9.10. The predicted octanol–water partition coefficient (Wildman–Crippen LogP) is 2.57. The molecule has 2 rings (SSSR count). The lowest BCUT2D eigenvalue weighted by Crippen LogP contribution is -2.41. The van der Waals surface area contributed by atoms with E-state index in [-0.39, 0.29) is 17.7 Å². The minimum absolute atomic E-state index is 0.0805. The molecule has 0 aromatic heterocycles. The van der Waals surface area contributed by atoms with Gasteiger partial charge in [-0.2, -0.15) is 0 Å². The van der Waals surface area contributed by atoms with Crippen molar-refractivity contribution in [2.75, 3.05) is 0 Å². The van der Waals surface area contributed by atoms with Crippen LogP contribution in [0.2, 0.25) is 0 Å². The second kappa shape index (κ2) is 6.40. The van der Waals surface area contributed by atoms with Crippen LogP contribution in [0.3, 0.4) is 0 Å². The number of carbonyl (C=O) groups excluding carboxylic acids is 1. The smallest absolute Gasteiger partial charge is 0.306 e. The second-order valence-electron chi connectivity index (χ2n) is 6.19. The van der Waals surface area contributed by atoms with Gasteiger partial charge in [-0.3, -0.25) is 9.59 Å². The van der Waals surface area contributed by atoms with Crippen LogP contribution < -0.4 is 5.32 Å². The fourth-order valence-corrected chi connectivity index (χ4v) is 3.56. The van der Waals surface area contributed by atoms with Gasteiger partial charge in [-0.25, -0.2) is 0 Å². The molecule has 0 aromatic carbocycles. The minimum Gasteiger partial charge on any atom is -0.481 e. The summed E-state index contributed by atoms with van der Waals surface area (Å²) < 4.78 is 0. The molecule has 2 aliphatic rings. The second-order valence-corrected chi connectivity index (χ2v) is 6.19. The average Bonchev–Trinajstić information content (AvgIpc) is 2.89. The topological polar surface area (TPSA) is 66.4 Å². The minimum atomic E-state index is -0.751. The fraction of sp³-hybridized carbons (Fsp3) is 0.867. The maximum atomic E-state index is 12.2. The van der Waals surface area contributed by atoms with Gasteiger partial charge in [0, 0.05) is 12.0 Å². The Morgan fingerprint density at radius 1 is 1.11 bits per heavy atom. The van der Waals surface area contributed by atoms with Gasteiger partial charge >= 0.3 is 5.97 Å². The summed E-state index contributed by atoms with van der Waals surface area (Å²) in [6.07, 6.45) is 7.75. The van der Waals surface area contributed by atoms with Gasteiger partial charge in [0.1, 0.15) is 0 Å². The van der Waals surface area contributed by atoms with Crippen LogP contribution >= 0.6 is 0 Å². The highest BCUT2D eigenvalue weighted by atomic mass is 16.4. The van der Waals surface area contributed by atoms with Crippen molar-refractivity contribution in [2.24, 2.45) is 17.8 Å². The van der Waals surface area contributed by atoms with Gasteiger partial charge in [0.25, 0.3) is 0 Å². The Hall–Kier alpha value is -1.06. The Bertz CT molecular complexity index is 342. The Kier molecular flexibility index (Phi) is 4.83. The highest BCUT2D eigenvalue weighted by molar-refractivity contribution is 5.81. The zero-order valence-electron chi connectivity index (χ0n) is 11.7. The molecule has 2 unspecified atom stereocenters. The predicted molar refractivity (Wildman–Crippen MR) is 72.6 cm³/mol. The van der Waals surface area contributed by atoms with Crippen LogP contribution in [-0.2, 0) is 9.59 Å². The molecule has 2 N–H and O–H groups in total. The van der Waals surface area contributed by atoms with Crippen molar-refractivity contribution in [2.45, 2.75) is 64.3 Å². The zero-order chi connectivity index (χ0) is 13.8. The summed E-state index contributed by atoms with van der Waals surface area (Å²) in [5, 5.41) is 12.1. The summed E-state index contributed by atoms with van der Waals surface area (Å²) in [5.74, 6) is -0.312. The summed E-state index contributed by atoms with van der Waals surface area (Å²) in [6.45, 7) is 2.21. The van der Waals surface area contributed by atoms with Gasteiger partial charge in [-0.05, 0) is 38.0 Å². The summed E-state index contributed by atoms with van der Waals surface area (Å²) in [6, 6.07) is 0.315. The van der Waals surface area contributed by atoms with Crippen LogP contribution in [0.15, 0.2) is 0 Å². The third-order valence-corrected chi connectivity index (χ3v) is 4.86. The summed E-state index contributed by atoms with van der Waals surface area (Å²) in [4.78, 5) is 23.1. The SMILES string of the molecule is CCC1CCCC(NC(=O)[C@@H]2CC[C@H](C(=O)O)C2)C1.